The number of aromatic hydroxyl groups is 1. The summed E-state index contributed by atoms with van der Waals surface area (Å²) in [7, 11) is 0. The van der Waals surface area contributed by atoms with Crippen molar-refractivity contribution in [3.63, 3.8) is 0 Å². The van der Waals surface area contributed by atoms with Crippen LogP contribution in [0.3, 0.4) is 0 Å². The molecule has 0 amide bonds. The van der Waals surface area contributed by atoms with Crippen molar-refractivity contribution in [3.8, 4) is 23.0 Å². The van der Waals surface area contributed by atoms with Crippen LogP contribution in [0.2, 0.25) is 0 Å². The summed E-state index contributed by atoms with van der Waals surface area (Å²) in [5.41, 5.74) is 1.73. The number of rotatable bonds is 4. The summed E-state index contributed by atoms with van der Waals surface area (Å²) in [5, 5.41) is 11.5. The highest BCUT2D eigenvalue weighted by Crippen LogP contribution is 2.26. The second kappa shape index (κ2) is 7.31. The van der Waals surface area contributed by atoms with E-state index in [1.807, 2.05) is 61.5 Å². The van der Waals surface area contributed by atoms with Gasteiger partial charge in [-0.3, -0.25) is 0 Å². The molecule has 0 atom stereocenters. The SMILES string of the molecule is C.Cc1oc(-c2ccccc2)nc1COc1ccc2cc(O)ccc2c1. The van der Waals surface area contributed by atoms with Gasteiger partial charge in [-0.2, -0.15) is 0 Å². The van der Waals surface area contributed by atoms with Crippen molar-refractivity contribution in [2.75, 3.05) is 0 Å². The van der Waals surface area contributed by atoms with E-state index in [2.05, 4.69) is 4.98 Å². The molecule has 4 heteroatoms. The van der Waals surface area contributed by atoms with Crippen LogP contribution in [0, 0.1) is 6.92 Å². The molecule has 0 unspecified atom stereocenters. The van der Waals surface area contributed by atoms with Gasteiger partial charge in [-0.05, 0) is 54.1 Å². The number of benzene rings is 3. The van der Waals surface area contributed by atoms with E-state index in [0.29, 0.717) is 12.5 Å². The van der Waals surface area contributed by atoms with Crippen molar-refractivity contribution < 1.29 is 14.3 Å². The summed E-state index contributed by atoms with van der Waals surface area (Å²) in [4.78, 5) is 4.54. The molecule has 0 aliphatic rings. The largest absolute Gasteiger partial charge is 0.508 e. The van der Waals surface area contributed by atoms with Crippen LogP contribution < -0.4 is 4.74 Å². The molecule has 4 nitrogen and oxygen atoms in total. The van der Waals surface area contributed by atoms with Gasteiger partial charge in [0.05, 0.1) is 0 Å². The van der Waals surface area contributed by atoms with Gasteiger partial charge in [-0.1, -0.05) is 37.8 Å². The van der Waals surface area contributed by atoms with E-state index >= 15 is 0 Å². The number of phenols is 1. The Balaban J connectivity index is 0.00000196. The fourth-order valence-corrected chi connectivity index (χ4v) is 2.72. The number of hydrogen-bond donors (Lipinski definition) is 1. The van der Waals surface area contributed by atoms with Gasteiger partial charge in [-0.15, -0.1) is 0 Å². The minimum atomic E-state index is 0. The minimum Gasteiger partial charge on any atom is -0.508 e. The maximum atomic E-state index is 9.53. The number of phenolic OH excluding ortho intramolecular Hbond substituents is 1. The molecule has 0 aliphatic heterocycles. The number of aromatic nitrogens is 1. The van der Waals surface area contributed by atoms with E-state index in [-0.39, 0.29) is 13.2 Å². The van der Waals surface area contributed by atoms with Crippen LogP contribution in [0.4, 0.5) is 0 Å². The Morgan fingerprint density at radius 3 is 2.50 bits per heavy atom. The molecule has 0 aliphatic carbocycles. The fourth-order valence-electron chi connectivity index (χ4n) is 2.72. The maximum Gasteiger partial charge on any atom is 0.226 e. The average Bonchev–Trinajstić information content (AvgIpc) is 3.01. The molecule has 0 fully saturated rings. The Kier molecular flexibility index (Phi) is 4.94. The third-order valence-corrected chi connectivity index (χ3v) is 4.08. The number of nitrogens with zero attached hydrogens (tertiary/aromatic N) is 1. The van der Waals surface area contributed by atoms with Crippen molar-refractivity contribution in [2.24, 2.45) is 0 Å². The molecule has 0 bridgehead atoms. The van der Waals surface area contributed by atoms with E-state index < -0.39 is 0 Å². The van der Waals surface area contributed by atoms with Crippen molar-refractivity contribution >= 4 is 10.8 Å². The molecule has 4 rings (SSSR count). The van der Waals surface area contributed by atoms with Crippen LogP contribution in [0.15, 0.2) is 71.1 Å². The van der Waals surface area contributed by atoms with E-state index in [1.165, 1.54) is 0 Å². The molecule has 1 heterocycles. The normalized spacial score (nSPS) is 10.5. The molecule has 3 aromatic carbocycles. The monoisotopic (exact) mass is 347 g/mol. The maximum absolute atomic E-state index is 9.53. The van der Waals surface area contributed by atoms with E-state index in [4.69, 9.17) is 9.15 Å². The standard InChI is InChI=1S/C21H17NO3.CH4/c1-14-20(22-21(25-14)15-5-3-2-4-6-15)13-24-19-10-8-16-11-18(23)9-7-17(16)12-19;/h2-12,23H,13H2,1H3;1H4. The minimum absolute atomic E-state index is 0. The highest BCUT2D eigenvalue weighted by atomic mass is 16.5. The second-order valence-electron chi connectivity index (χ2n) is 5.87. The molecule has 0 saturated heterocycles. The van der Waals surface area contributed by atoms with Crippen molar-refractivity contribution in [2.45, 2.75) is 21.0 Å². The number of ether oxygens (including phenoxy) is 1. The summed E-state index contributed by atoms with van der Waals surface area (Å²) in [5.74, 6) is 2.37. The lowest BCUT2D eigenvalue weighted by atomic mass is 10.1. The molecule has 1 N–H and O–H groups in total. The van der Waals surface area contributed by atoms with Crippen LogP contribution >= 0.6 is 0 Å². The molecule has 0 spiro atoms. The van der Waals surface area contributed by atoms with Crippen LogP contribution in [0.1, 0.15) is 18.9 Å². The van der Waals surface area contributed by atoms with Crippen molar-refractivity contribution in [1.29, 1.82) is 0 Å². The molecule has 1 aromatic heterocycles. The van der Waals surface area contributed by atoms with Gasteiger partial charge in [0.15, 0.2) is 0 Å². The third-order valence-electron chi connectivity index (χ3n) is 4.08. The van der Waals surface area contributed by atoms with Crippen LogP contribution in [0.25, 0.3) is 22.2 Å². The lowest BCUT2D eigenvalue weighted by Crippen LogP contribution is -1.97. The zero-order valence-electron chi connectivity index (χ0n) is 13.8. The highest BCUT2D eigenvalue weighted by Gasteiger charge is 2.12. The van der Waals surface area contributed by atoms with Gasteiger partial charge < -0.3 is 14.3 Å². The smallest absolute Gasteiger partial charge is 0.226 e. The first kappa shape index (κ1) is 17.5. The van der Waals surface area contributed by atoms with Gasteiger partial charge in [0.1, 0.15) is 29.6 Å². The number of oxazole rings is 1. The molecule has 0 radical (unpaired) electrons. The quantitative estimate of drug-likeness (QED) is 0.512. The van der Waals surface area contributed by atoms with Crippen molar-refractivity contribution in [3.05, 3.63) is 78.2 Å². The van der Waals surface area contributed by atoms with Crippen LogP contribution in [-0.2, 0) is 6.61 Å². The first-order chi connectivity index (χ1) is 12.2. The van der Waals surface area contributed by atoms with E-state index in [0.717, 1.165) is 33.5 Å². The van der Waals surface area contributed by atoms with Gasteiger partial charge in [0.25, 0.3) is 0 Å². The third kappa shape index (κ3) is 3.54. The molecule has 0 saturated carbocycles. The summed E-state index contributed by atoms with van der Waals surface area (Å²) < 4.78 is 11.6. The van der Waals surface area contributed by atoms with Crippen LogP contribution in [-0.4, -0.2) is 10.1 Å². The van der Waals surface area contributed by atoms with Gasteiger partial charge in [0.2, 0.25) is 5.89 Å². The molecular weight excluding hydrogens is 326 g/mol. The van der Waals surface area contributed by atoms with Gasteiger partial charge in [0, 0.05) is 5.56 Å². The number of hydrogen-bond acceptors (Lipinski definition) is 4. The first-order valence-electron chi connectivity index (χ1n) is 8.06. The van der Waals surface area contributed by atoms with E-state index in [1.54, 1.807) is 12.1 Å². The average molecular weight is 347 g/mol. The lowest BCUT2D eigenvalue weighted by Gasteiger charge is -2.06. The summed E-state index contributed by atoms with van der Waals surface area (Å²) in [6, 6.07) is 20.8. The molecule has 132 valence electrons. The van der Waals surface area contributed by atoms with E-state index in [9.17, 15) is 5.11 Å². The Hall–Kier alpha value is -3.27. The van der Waals surface area contributed by atoms with Gasteiger partial charge in [-0.25, -0.2) is 4.98 Å². The number of aryl methyl sites for hydroxylation is 1. The Morgan fingerprint density at radius 1 is 0.962 bits per heavy atom. The molecule has 4 aromatic rings. The predicted octanol–water partition coefficient (Wildman–Crippen LogP) is 5.72. The molecular formula is C22H21NO3. The Labute approximate surface area is 152 Å². The lowest BCUT2D eigenvalue weighted by molar-refractivity contribution is 0.300. The number of fused-ring (bicyclic) bond motifs is 1. The predicted molar refractivity (Wildman–Crippen MR) is 103 cm³/mol. The van der Waals surface area contributed by atoms with Crippen LogP contribution in [0.5, 0.6) is 11.5 Å². The summed E-state index contributed by atoms with van der Waals surface area (Å²) in [6.07, 6.45) is 0. The Bertz CT molecular complexity index is 1020. The van der Waals surface area contributed by atoms with Crippen molar-refractivity contribution in [1.82, 2.24) is 4.98 Å². The first-order valence-corrected chi connectivity index (χ1v) is 8.06. The fraction of sp³-hybridized carbons (Fsp3) is 0.136. The highest BCUT2D eigenvalue weighted by molar-refractivity contribution is 5.85. The molecule has 26 heavy (non-hydrogen) atoms. The second-order valence-corrected chi connectivity index (χ2v) is 5.87. The topological polar surface area (TPSA) is 55.5 Å². The summed E-state index contributed by atoms with van der Waals surface area (Å²) in [6.45, 7) is 2.23. The zero-order valence-corrected chi connectivity index (χ0v) is 13.8. The Morgan fingerprint density at radius 2 is 1.69 bits per heavy atom. The van der Waals surface area contributed by atoms with Gasteiger partial charge >= 0.3 is 0 Å². The summed E-state index contributed by atoms with van der Waals surface area (Å²) >= 11 is 0. The zero-order chi connectivity index (χ0) is 17.2.